The Labute approximate surface area is 140 Å². The van der Waals surface area contributed by atoms with Gasteiger partial charge in [-0.3, -0.25) is 0 Å². The van der Waals surface area contributed by atoms with E-state index in [-0.39, 0.29) is 9.92 Å². The Bertz CT molecular complexity index is 542. The molecule has 0 saturated carbocycles. The van der Waals surface area contributed by atoms with Crippen molar-refractivity contribution in [2.45, 2.75) is 27.2 Å². The van der Waals surface area contributed by atoms with Gasteiger partial charge >= 0.3 is 0 Å². The molecule has 0 heterocycles. The summed E-state index contributed by atoms with van der Waals surface area (Å²) < 4.78 is 5.77. The summed E-state index contributed by atoms with van der Waals surface area (Å²) in [5.41, 5.74) is 8.98. The first-order chi connectivity index (χ1) is 9.83. The zero-order valence-electron chi connectivity index (χ0n) is 12.9. The molecule has 0 aliphatic heterocycles. The molecule has 0 bridgehead atoms. The molecule has 1 rings (SSSR count). The van der Waals surface area contributed by atoms with Crippen LogP contribution in [-0.2, 0) is 6.42 Å². The van der Waals surface area contributed by atoms with E-state index in [0.29, 0.717) is 0 Å². The number of rotatable bonds is 5. The number of hydrogen-bond donors (Lipinski definition) is 1. The van der Waals surface area contributed by atoms with Crippen LogP contribution in [-0.4, -0.2) is 35.0 Å². The summed E-state index contributed by atoms with van der Waals surface area (Å²) in [6.45, 7) is 8.34. The molecule has 6 heteroatoms. The molecular formula is C15H22BrN3OS. The van der Waals surface area contributed by atoms with Gasteiger partial charge in [-0.2, -0.15) is 4.99 Å². The van der Waals surface area contributed by atoms with Gasteiger partial charge in [0.15, 0.2) is 4.74 Å². The van der Waals surface area contributed by atoms with E-state index in [9.17, 15) is 0 Å². The second-order valence-corrected chi connectivity index (χ2v) is 6.15. The number of amidine groups is 1. The van der Waals surface area contributed by atoms with E-state index in [4.69, 9.17) is 22.7 Å². The third-order valence-corrected chi connectivity index (χ3v) is 3.68. The minimum absolute atomic E-state index is 0.102. The molecular weight excluding hydrogens is 350 g/mol. The summed E-state index contributed by atoms with van der Waals surface area (Å²) in [4.78, 5) is 6.14. The van der Waals surface area contributed by atoms with Crippen molar-refractivity contribution >= 4 is 38.1 Å². The third kappa shape index (κ3) is 6.11. The van der Waals surface area contributed by atoms with Crippen LogP contribution in [0.2, 0.25) is 0 Å². The fourth-order valence-corrected chi connectivity index (χ4v) is 2.37. The van der Waals surface area contributed by atoms with Crippen molar-refractivity contribution in [2.24, 2.45) is 10.7 Å². The van der Waals surface area contributed by atoms with Crippen LogP contribution in [0.3, 0.4) is 0 Å². The molecule has 0 aliphatic rings. The molecule has 0 unspecified atom stereocenters. The van der Waals surface area contributed by atoms with Crippen LogP contribution in [0.1, 0.15) is 23.6 Å². The van der Waals surface area contributed by atoms with Crippen LogP contribution in [0.15, 0.2) is 17.1 Å². The number of nitrogens with zero attached hydrogens (tertiary/aromatic N) is 2. The maximum atomic E-state index is 5.56. The molecule has 0 aliphatic carbocycles. The zero-order chi connectivity index (χ0) is 16.0. The average molecular weight is 372 g/mol. The summed E-state index contributed by atoms with van der Waals surface area (Å²) in [5, 5.41) is 0.102. The number of halogens is 1. The maximum absolute atomic E-state index is 5.56. The molecule has 21 heavy (non-hydrogen) atoms. The van der Waals surface area contributed by atoms with E-state index in [1.54, 1.807) is 0 Å². The first-order valence-electron chi connectivity index (χ1n) is 6.83. The van der Waals surface area contributed by atoms with Gasteiger partial charge in [-0.05, 0) is 84.8 Å². The quantitative estimate of drug-likeness (QED) is 0.373. The van der Waals surface area contributed by atoms with Crippen LogP contribution < -0.4 is 10.5 Å². The molecule has 0 atom stereocenters. The van der Waals surface area contributed by atoms with Crippen LogP contribution in [0.25, 0.3) is 0 Å². The van der Waals surface area contributed by atoms with Gasteiger partial charge in [0.2, 0.25) is 0 Å². The van der Waals surface area contributed by atoms with E-state index < -0.39 is 0 Å². The molecule has 0 amide bonds. The predicted octanol–water partition coefficient (Wildman–Crippen LogP) is 3.17. The van der Waals surface area contributed by atoms with Gasteiger partial charge in [0.05, 0.1) is 0 Å². The third-order valence-electron chi connectivity index (χ3n) is 3.33. The SMILES string of the molecule is CCN(C)CCc1cc(C)c(OC(=S)N=C(N)Br)cc1C. The van der Waals surface area contributed by atoms with E-state index in [1.165, 1.54) is 11.1 Å². The first kappa shape index (κ1) is 18.1. The Morgan fingerprint density at radius 1 is 1.38 bits per heavy atom. The fourth-order valence-electron chi connectivity index (χ4n) is 1.90. The lowest BCUT2D eigenvalue weighted by atomic mass is 10.0. The standard InChI is InChI=1S/C15H22BrN3OS/c1-5-19(4)7-6-12-8-11(3)13(9-10(12)2)20-15(21)18-14(16)17/h8-9H,5-7H2,1-4H3,(H2,17,18,21). The Kier molecular flexibility index (Phi) is 7.28. The highest BCUT2D eigenvalue weighted by Gasteiger charge is 2.08. The van der Waals surface area contributed by atoms with E-state index in [2.05, 4.69) is 52.8 Å². The fraction of sp³-hybridized carbons (Fsp3) is 0.467. The Balaban J connectivity index is 2.84. The average Bonchev–Trinajstić information content (AvgIpc) is 2.39. The van der Waals surface area contributed by atoms with Crippen molar-refractivity contribution in [3.8, 4) is 5.75 Å². The molecule has 2 N–H and O–H groups in total. The topological polar surface area (TPSA) is 50.8 Å². The molecule has 0 radical (unpaired) electrons. The van der Waals surface area contributed by atoms with E-state index >= 15 is 0 Å². The maximum Gasteiger partial charge on any atom is 0.291 e. The van der Waals surface area contributed by atoms with Crippen LogP contribution in [0.4, 0.5) is 0 Å². The number of aryl methyl sites for hydroxylation is 2. The first-order valence-corrected chi connectivity index (χ1v) is 8.03. The van der Waals surface area contributed by atoms with Gasteiger partial charge in [0.1, 0.15) is 5.75 Å². The Morgan fingerprint density at radius 2 is 2.05 bits per heavy atom. The summed E-state index contributed by atoms with van der Waals surface area (Å²) in [5.74, 6) is 0.725. The summed E-state index contributed by atoms with van der Waals surface area (Å²) in [7, 11) is 2.13. The highest BCUT2D eigenvalue weighted by atomic mass is 79.9. The van der Waals surface area contributed by atoms with Gasteiger partial charge in [0.25, 0.3) is 5.17 Å². The molecule has 0 saturated heterocycles. The molecule has 1 aromatic carbocycles. The number of hydrogen-bond acceptors (Lipinski definition) is 3. The molecule has 1 aromatic rings. The number of thiocarbonyl (C=S) groups is 1. The smallest absolute Gasteiger partial charge is 0.291 e. The minimum Gasteiger partial charge on any atom is -0.430 e. The lowest BCUT2D eigenvalue weighted by Gasteiger charge is -2.16. The van der Waals surface area contributed by atoms with Crippen LogP contribution >= 0.6 is 28.1 Å². The lowest BCUT2D eigenvalue weighted by molar-refractivity contribution is 0.357. The molecule has 0 spiro atoms. The number of nitrogens with two attached hydrogens (primary N) is 1. The Morgan fingerprint density at radius 3 is 2.62 bits per heavy atom. The van der Waals surface area contributed by atoms with Crippen molar-refractivity contribution < 1.29 is 4.74 Å². The van der Waals surface area contributed by atoms with E-state index in [0.717, 1.165) is 30.8 Å². The van der Waals surface area contributed by atoms with Gasteiger partial charge < -0.3 is 15.4 Å². The Hall–Kier alpha value is -0.980. The number of aliphatic imine (C=N–C) groups is 1. The predicted molar refractivity (Wildman–Crippen MR) is 96.6 cm³/mol. The van der Waals surface area contributed by atoms with Crippen molar-refractivity contribution in [3.05, 3.63) is 28.8 Å². The number of benzene rings is 1. The normalized spacial score (nSPS) is 11.8. The molecule has 116 valence electrons. The van der Waals surface area contributed by atoms with Crippen LogP contribution in [0, 0.1) is 13.8 Å². The number of ether oxygens (including phenoxy) is 1. The number of likely N-dealkylation sites (N-methyl/N-ethyl adjacent to an activating group) is 1. The van der Waals surface area contributed by atoms with E-state index in [1.807, 2.05) is 13.0 Å². The second kappa shape index (κ2) is 8.46. The van der Waals surface area contributed by atoms with Gasteiger partial charge in [-0.15, -0.1) is 0 Å². The monoisotopic (exact) mass is 371 g/mol. The zero-order valence-corrected chi connectivity index (χ0v) is 15.3. The summed E-state index contributed by atoms with van der Waals surface area (Å²) in [6.07, 6.45) is 1.02. The van der Waals surface area contributed by atoms with Crippen molar-refractivity contribution in [2.75, 3.05) is 20.1 Å². The largest absolute Gasteiger partial charge is 0.430 e. The highest BCUT2D eigenvalue weighted by molar-refractivity contribution is 9.18. The van der Waals surface area contributed by atoms with Gasteiger partial charge in [0, 0.05) is 6.54 Å². The van der Waals surface area contributed by atoms with Crippen LogP contribution in [0.5, 0.6) is 5.75 Å². The molecule has 0 aromatic heterocycles. The second-order valence-electron chi connectivity index (χ2n) is 4.99. The van der Waals surface area contributed by atoms with Gasteiger partial charge in [-0.1, -0.05) is 13.0 Å². The molecule has 0 fully saturated rings. The van der Waals surface area contributed by atoms with Crippen molar-refractivity contribution in [1.29, 1.82) is 0 Å². The minimum atomic E-state index is 0.102. The van der Waals surface area contributed by atoms with Crippen molar-refractivity contribution in [1.82, 2.24) is 4.90 Å². The summed E-state index contributed by atoms with van der Waals surface area (Å²) >= 11 is 8.05. The molecule has 4 nitrogen and oxygen atoms in total. The lowest BCUT2D eigenvalue weighted by Crippen LogP contribution is -2.20. The summed E-state index contributed by atoms with van der Waals surface area (Å²) in [6, 6.07) is 4.15. The van der Waals surface area contributed by atoms with Crippen molar-refractivity contribution in [3.63, 3.8) is 0 Å². The highest BCUT2D eigenvalue weighted by Crippen LogP contribution is 2.24. The van der Waals surface area contributed by atoms with Gasteiger partial charge in [-0.25, -0.2) is 0 Å².